The Bertz CT molecular complexity index is 558. The lowest BCUT2D eigenvalue weighted by Crippen LogP contribution is -2.28. The van der Waals surface area contributed by atoms with Crippen LogP contribution in [0.3, 0.4) is 0 Å². The van der Waals surface area contributed by atoms with Gasteiger partial charge in [-0.2, -0.15) is 0 Å². The topological polar surface area (TPSA) is 47.3 Å². The number of benzene rings is 2. The molecule has 2 aromatic carbocycles. The number of aryl methyl sites for hydroxylation is 2. The van der Waals surface area contributed by atoms with Gasteiger partial charge in [-0.25, -0.2) is 5.43 Å². The number of nitrogens with one attached hydrogen (secondary N) is 1. The minimum atomic E-state index is -0.0103. The van der Waals surface area contributed by atoms with Gasteiger partial charge in [0.2, 0.25) is 0 Å². The van der Waals surface area contributed by atoms with E-state index in [9.17, 15) is 0 Å². The Morgan fingerprint density at radius 3 is 2.14 bits per heavy atom. The van der Waals surface area contributed by atoms with Crippen LogP contribution >= 0.6 is 0 Å². The molecule has 0 aliphatic rings. The molecule has 0 aliphatic heterocycles. The van der Waals surface area contributed by atoms with Crippen LogP contribution in [0.2, 0.25) is 0 Å². The molecule has 1 atom stereocenters. The molecule has 0 fully saturated rings. The van der Waals surface area contributed by atoms with E-state index in [0.717, 1.165) is 24.3 Å². The minimum absolute atomic E-state index is 0.0103. The maximum atomic E-state index is 5.77. The maximum Gasteiger partial charge on any atom is 0.119 e. The van der Waals surface area contributed by atoms with E-state index in [1.54, 1.807) is 0 Å². The van der Waals surface area contributed by atoms with Crippen molar-refractivity contribution in [1.29, 1.82) is 0 Å². The summed E-state index contributed by atoms with van der Waals surface area (Å²) < 4.78 is 5.62. The van der Waals surface area contributed by atoms with Crippen molar-refractivity contribution in [3.05, 3.63) is 64.7 Å². The highest BCUT2D eigenvalue weighted by Gasteiger charge is 2.13. The first-order chi connectivity index (χ1) is 10.1. The second kappa shape index (κ2) is 7.25. The molecular formula is C18H24N2O. The lowest BCUT2D eigenvalue weighted by molar-refractivity contribution is 0.317. The van der Waals surface area contributed by atoms with E-state index in [1.165, 1.54) is 16.7 Å². The second-order valence-electron chi connectivity index (χ2n) is 5.44. The summed E-state index contributed by atoms with van der Waals surface area (Å²) in [5, 5.41) is 0. The Morgan fingerprint density at radius 1 is 1.00 bits per heavy atom. The predicted octanol–water partition coefficient (Wildman–Crippen LogP) is 3.64. The Morgan fingerprint density at radius 2 is 1.62 bits per heavy atom. The summed E-state index contributed by atoms with van der Waals surface area (Å²) in [4.78, 5) is 0. The smallest absolute Gasteiger partial charge is 0.119 e. The SMILES string of the molecule is CCCOc1ccc(C(NN)c2cc(C)cc(C)c2)cc1. The average Bonchev–Trinajstić information content (AvgIpc) is 2.46. The summed E-state index contributed by atoms with van der Waals surface area (Å²) in [5.74, 6) is 6.67. The Kier molecular flexibility index (Phi) is 5.37. The van der Waals surface area contributed by atoms with Crippen molar-refractivity contribution in [3.63, 3.8) is 0 Å². The van der Waals surface area contributed by atoms with E-state index < -0.39 is 0 Å². The summed E-state index contributed by atoms with van der Waals surface area (Å²) in [5.41, 5.74) is 7.71. The third-order valence-corrected chi connectivity index (χ3v) is 3.43. The van der Waals surface area contributed by atoms with E-state index in [0.29, 0.717) is 0 Å². The van der Waals surface area contributed by atoms with E-state index in [-0.39, 0.29) is 6.04 Å². The monoisotopic (exact) mass is 284 g/mol. The van der Waals surface area contributed by atoms with Crippen LogP contribution in [-0.2, 0) is 0 Å². The van der Waals surface area contributed by atoms with Crippen LogP contribution < -0.4 is 16.0 Å². The Hall–Kier alpha value is -1.84. The highest BCUT2D eigenvalue weighted by Crippen LogP contribution is 2.25. The molecule has 1 unspecified atom stereocenters. The van der Waals surface area contributed by atoms with Crippen LogP contribution in [0.5, 0.6) is 5.75 Å². The molecule has 3 nitrogen and oxygen atoms in total. The number of nitrogens with two attached hydrogens (primary N) is 1. The van der Waals surface area contributed by atoms with Crippen LogP contribution in [0.4, 0.5) is 0 Å². The molecule has 2 rings (SSSR count). The summed E-state index contributed by atoms with van der Waals surface area (Å²) in [6.07, 6.45) is 1.01. The molecule has 0 saturated heterocycles. The largest absolute Gasteiger partial charge is 0.494 e. The third kappa shape index (κ3) is 4.06. The molecule has 0 saturated carbocycles. The van der Waals surface area contributed by atoms with Gasteiger partial charge in [0, 0.05) is 0 Å². The van der Waals surface area contributed by atoms with Crippen LogP contribution in [0.25, 0.3) is 0 Å². The van der Waals surface area contributed by atoms with Gasteiger partial charge in [-0.1, -0.05) is 48.4 Å². The fraction of sp³-hybridized carbons (Fsp3) is 0.333. The second-order valence-corrected chi connectivity index (χ2v) is 5.44. The van der Waals surface area contributed by atoms with E-state index in [4.69, 9.17) is 10.6 Å². The van der Waals surface area contributed by atoms with Crippen molar-refractivity contribution in [2.24, 2.45) is 5.84 Å². The van der Waals surface area contributed by atoms with Gasteiger partial charge >= 0.3 is 0 Å². The number of ether oxygens (including phenoxy) is 1. The zero-order chi connectivity index (χ0) is 15.2. The highest BCUT2D eigenvalue weighted by atomic mass is 16.5. The van der Waals surface area contributed by atoms with Gasteiger partial charge in [-0.15, -0.1) is 0 Å². The molecule has 0 bridgehead atoms. The lowest BCUT2D eigenvalue weighted by atomic mass is 9.96. The molecule has 0 heterocycles. The van der Waals surface area contributed by atoms with Gasteiger partial charge < -0.3 is 4.74 Å². The fourth-order valence-corrected chi connectivity index (χ4v) is 2.54. The van der Waals surface area contributed by atoms with Gasteiger partial charge in [-0.3, -0.25) is 5.84 Å². The van der Waals surface area contributed by atoms with Crippen LogP contribution in [-0.4, -0.2) is 6.61 Å². The molecule has 0 spiro atoms. The van der Waals surface area contributed by atoms with E-state index >= 15 is 0 Å². The first kappa shape index (κ1) is 15.5. The predicted molar refractivity (Wildman–Crippen MR) is 87.3 cm³/mol. The van der Waals surface area contributed by atoms with Crippen LogP contribution in [0.1, 0.15) is 41.6 Å². The standard InChI is InChI=1S/C18H24N2O/c1-4-9-21-17-7-5-15(6-8-17)18(20-19)16-11-13(2)10-14(3)12-16/h5-8,10-12,18,20H,4,9,19H2,1-3H3. The first-order valence-electron chi connectivity index (χ1n) is 7.41. The van der Waals surface area contributed by atoms with Crippen molar-refractivity contribution in [3.8, 4) is 5.75 Å². The van der Waals surface area contributed by atoms with Crippen molar-refractivity contribution in [2.45, 2.75) is 33.2 Å². The molecule has 2 aromatic rings. The number of hydrazine groups is 1. The van der Waals surface area contributed by atoms with Gasteiger partial charge in [0.1, 0.15) is 5.75 Å². The quantitative estimate of drug-likeness (QED) is 0.629. The molecule has 0 aliphatic carbocycles. The Balaban J connectivity index is 2.24. The summed E-state index contributed by atoms with van der Waals surface area (Å²) in [6.45, 7) is 7.05. The van der Waals surface area contributed by atoms with Gasteiger partial charge in [-0.05, 0) is 43.5 Å². The van der Waals surface area contributed by atoms with Gasteiger partial charge in [0.15, 0.2) is 0 Å². The number of hydrogen-bond acceptors (Lipinski definition) is 3. The number of hydrogen-bond donors (Lipinski definition) is 2. The molecule has 3 heteroatoms. The zero-order valence-corrected chi connectivity index (χ0v) is 13.0. The highest BCUT2D eigenvalue weighted by molar-refractivity contribution is 5.38. The van der Waals surface area contributed by atoms with E-state index in [1.807, 2.05) is 12.1 Å². The number of rotatable bonds is 6. The lowest BCUT2D eigenvalue weighted by Gasteiger charge is -2.18. The Labute approximate surface area is 127 Å². The maximum absolute atomic E-state index is 5.77. The van der Waals surface area contributed by atoms with Gasteiger partial charge in [0.05, 0.1) is 12.6 Å². The third-order valence-electron chi connectivity index (χ3n) is 3.43. The molecule has 21 heavy (non-hydrogen) atoms. The molecular weight excluding hydrogens is 260 g/mol. The first-order valence-corrected chi connectivity index (χ1v) is 7.41. The molecule has 0 aromatic heterocycles. The van der Waals surface area contributed by atoms with Crippen LogP contribution in [0.15, 0.2) is 42.5 Å². The molecule has 112 valence electrons. The van der Waals surface area contributed by atoms with Crippen molar-refractivity contribution < 1.29 is 4.74 Å². The van der Waals surface area contributed by atoms with Crippen LogP contribution in [0, 0.1) is 13.8 Å². The molecule has 0 amide bonds. The summed E-state index contributed by atoms with van der Waals surface area (Å²) in [7, 11) is 0. The fourth-order valence-electron chi connectivity index (χ4n) is 2.54. The van der Waals surface area contributed by atoms with Crippen molar-refractivity contribution >= 4 is 0 Å². The summed E-state index contributed by atoms with van der Waals surface area (Å²) >= 11 is 0. The zero-order valence-electron chi connectivity index (χ0n) is 13.0. The normalized spacial score (nSPS) is 12.2. The average molecular weight is 284 g/mol. The van der Waals surface area contributed by atoms with Crippen molar-refractivity contribution in [2.75, 3.05) is 6.61 Å². The van der Waals surface area contributed by atoms with Crippen molar-refractivity contribution in [1.82, 2.24) is 5.43 Å². The summed E-state index contributed by atoms with van der Waals surface area (Å²) in [6, 6.07) is 14.6. The molecule has 0 radical (unpaired) electrons. The van der Waals surface area contributed by atoms with E-state index in [2.05, 4.69) is 56.5 Å². The molecule has 3 N–H and O–H groups in total. The minimum Gasteiger partial charge on any atom is -0.494 e. The van der Waals surface area contributed by atoms with Gasteiger partial charge in [0.25, 0.3) is 0 Å².